The van der Waals surface area contributed by atoms with Gasteiger partial charge >= 0.3 is 12.0 Å². The summed E-state index contributed by atoms with van der Waals surface area (Å²) in [5, 5.41) is 0. The van der Waals surface area contributed by atoms with Crippen molar-refractivity contribution in [3.8, 4) is 0 Å². The number of carbonyl (C=O) groups excluding carboxylic acids is 1. The van der Waals surface area contributed by atoms with Crippen LogP contribution in [-0.4, -0.2) is 46.7 Å². The van der Waals surface area contributed by atoms with Gasteiger partial charge in [-0.15, -0.1) is 0 Å². The van der Waals surface area contributed by atoms with Crippen molar-refractivity contribution in [2.45, 2.75) is 25.1 Å². The van der Waals surface area contributed by atoms with Gasteiger partial charge in [-0.1, -0.05) is 42.1 Å². The van der Waals surface area contributed by atoms with Crippen LogP contribution in [0.3, 0.4) is 0 Å². The molecule has 1 atom stereocenters. The van der Waals surface area contributed by atoms with E-state index in [0.717, 1.165) is 22.2 Å². The molecule has 0 aromatic heterocycles. The second kappa shape index (κ2) is 7.92. The lowest BCUT2D eigenvalue weighted by Crippen LogP contribution is -2.54. The average molecular weight is 361 g/mol. The molecule has 8 heteroatoms. The third kappa shape index (κ3) is 5.04. The van der Waals surface area contributed by atoms with Crippen molar-refractivity contribution in [3.63, 3.8) is 0 Å². The maximum Gasteiger partial charge on any atom is 0.410 e. The summed E-state index contributed by atoms with van der Waals surface area (Å²) in [7, 11) is 0. The van der Waals surface area contributed by atoms with Gasteiger partial charge in [0.1, 0.15) is 6.61 Å². The van der Waals surface area contributed by atoms with Crippen LogP contribution in [0.1, 0.15) is 12.0 Å². The SMILES string of the molecule is CSC(=S)OC1CCN(C(=O)OCc2ccccc2)CC1(F)F. The van der Waals surface area contributed by atoms with Crippen LogP contribution >= 0.6 is 24.0 Å². The minimum Gasteiger partial charge on any atom is -0.469 e. The first-order chi connectivity index (χ1) is 10.9. The molecule has 23 heavy (non-hydrogen) atoms. The highest BCUT2D eigenvalue weighted by Gasteiger charge is 2.48. The van der Waals surface area contributed by atoms with E-state index >= 15 is 0 Å². The van der Waals surface area contributed by atoms with Crippen LogP contribution in [0, 0.1) is 0 Å². The number of piperidine rings is 1. The summed E-state index contributed by atoms with van der Waals surface area (Å²) in [5.41, 5.74) is 0.802. The van der Waals surface area contributed by atoms with E-state index in [0.29, 0.717) is 0 Å². The van der Waals surface area contributed by atoms with Crippen molar-refractivity contribution < 1.29 is 23.0 Å². The highest BCUT2D eigenvalue weighted by molar-refractivity contribution is 8.22. The number of benzene rings is 1. The molecule has 0 aliphatic carbocycles. The molecule has 0 N–H and O–H groups in total. The van der Waals surface area contributed by atoms with Gasteiger partial charge in [0.25, 0.3) is 0 Å². The number of carbonyl (C=O) groups is 1. The van der Waals surface area contributed by atoms with Gasteiger partial charge in [-0.05, 0) is 24.0 Å². The molecule has 1 aliphatic rings. The largest absolute Gasteiger partial charge is 0.469 e. The van der Waals surface area contributed by atoms with Crippen LogP contribution in [-0.2, 0) is 16.1 Å². The second-order valence-electron chi connectivity index (χ2n) is 5.07. The van der Waals surface area contributed by atoms with Gasteiger partial charge in [0.15, 0.2) is 6.10 Å². The number of thioether (sulfide) groups is 1. The van der Waals surface area contributed by atoms with Gasteiger partial charge in [0, 0.05) is 13.0 Å². The lowest BCUT2D eigenvalue weighted by molar-refractivity contribution is -0.137. The first kappa shape index (κ1) is 17.9. The molecule has 2 rings (SSSR count). The number of amides is 1. The smallest absolute Gasteiger partial charge is 0.410 e. The Hall–Kier alpha value is -1.41. The van der Waals surface area contributed by atoms with Crippen LogP contribution in [0.4, 0.5) is 13.6 Å². The van der Waals surface area contributed by atoms with Gasteiger partial charge in [-0.2, -0.15) is 0 Å². The summed E-state index contributed by atoms with van der Waals surface area (Å²) in [5.74, 6) is -3.16. The van der Waals surface area contributed by atoms with Gasteiger partial charge in [-0.25, -0.2) is 13.6 Å². The van der Waals surface area contributed by atoms with Crippen molar-refractivity contribution in [1.29, 1.82) is 0 Å². The highest BCUT2D eigenvalue weighted by atomic mass is 32.2. The van der Waals surface area contributed by atoms with Crippen LogP contribution in [0.2, 0.25) is 0 Å². The molecule has 1 saturated heterocycles. The maximum atomic E-state index is 14.1. The molecular weight excluding hydrogens is 344 g/mol. The first-order valence-corrected chi connectivity index (χ1v) is 8.63. The van der Waals surface area contributed by atoms with Crippen LogP contribution in [0.15, 0.2) is 30.3 Å². The van der Waals surface area contributed by atoms with E-state index in [1.807, 2.05) is 18.2 Å². The number of alkyl halides is 2. The summed E-state index contributed by atoms with van der Waals surface area (Å²) in [6.45, 7) is -0.536. The Labute approximate surface area is 143 Å². The molecule has 4 nitrogen and oxygen atoms in total. The highest BCUT2D eigenvalue weighted by Crippen LogP contribution is 2.31. The minimum atomic E-state index is -3.16. The van der Waals surface area contributed by atoms with Gasteiger partial charge in [0.05, 0.1) is 6.54 Å². The van der Waals surface area contributed by atoms with E-state index in [4.69, 9.17) is 21.7 Å². The number of nitrogens with zero attached hydrogens (tertiary/aromatic N) is 1. The van der Waals surface area contributed by atoms with E-state index in [1.165, 1.54) is 0 Å². The Bertz CT molecular complexity index is 557. The standard InChI is InChI=1S/C15H17F2NO3S2/c1-23-14(22)21-12-7-8-18(10-15(12,16)17)13(19)20-9-11-5-3-2-4-6-11/h2-6,12H,7-10H2,1H3. The number of likely N-dealkylation sites (tertiary alicyclic amines) is 1. The van der Waals surface area contributed by atoms with Crippen molar-refractivity contribution in [2.75, 3.05) is 19.3 Å². The molecular formula is C15H17F2NO3S2. The van der Waals surface area contributed by atoms with E-state index in [1.54, 1.807) is 18.4 Å². The second-order valence-corrected chi connectivity index (χ2v) is 6.48. The van der Waals surface area contributed by atoms with E-state index in [2.05, 4.69) is 0 Å². The van der Waals surface area contributed by atoms with E-state index in [9.17, 15) is 13.6 Å². The molecule has 0 radical (unpaired) electrons. The summed E-state index contributed by atoms with van der Waals surface area (Å²) in [6.07, 6.45) is -0.384. The molecule has 126 valence electrons. The predicted molar refractivity (Wildman–Crippen MR) is 88.8 cm³/mol. The molecule has 1 heterocycles. The number of halogens is 2. The summed E-state index contributed by atoms with van der Waals surface area (Å²) in [6, 6.07) is 9.07. The molecule has 0 bridgehead atoms. The topological polar surface area (TPSA) is 38.8 Å². The number of hydrogen-bond donors (Lipinski definition) is 0. The van der Waals surface area contributed by atoms with Crippen molar-refractivity contribution in [1.82, 2.24) is 4.90 Å². The zero-order valence-electron chi connectivity index (χ0n) is 12.5. The zero-order chi connectivity index (χ0) is 16.9. The van der Waals surface area contributed by atoms with Crippen molar-refractivity contribution >= 4 is 34.5 Å². The van der Waals surface area contributed by atoms with Crippen LogP contribution < -0.4 is 0 Å². The Morgan fingerprint density at radius 1 is 1.43 bits per heavy atom. The molecule has 1 aromatic carbocycles. The lowest BCUT2D eigenvalue weighted by Gasteiger charge is -2.37. The Balaban J connectivity index is 1.88. The van der Waals surface area contributed by atoms with Gasteiger partial charge in [-0.3, -0.25) is 0 Å². The summed E-state index contributed by atoms with van der Waals surface area (Å²) in [4.78, 5) is 12.9. The van der Waals surface area contributed by atoms with Crippen molar-refractivity contribution in [2.24, 2.45) is 0 Å². The number of rotatable bonds is 3. The fourth-order valence-corrected chi connectivity index (χ4v) is 2.52. The Morgan fingerprint density at radius 3 is 2.74 bits per heavy atom. The monoisotopic (exact) mass is 361 g/mol. The Kier molecular flexibility index (Phi) is 6.17. The average Bonchev–Trinajstić information content (AvgIpc) is 2.55. The lowest BCUT2D eigenvalue weighted by atomic mass is 10.0. The van der Waals surface area contributed by atoms with Crippen molar-refractivity contribution in [3.05, 3.63) is 35.9 Å². The first-order valence-electron chi connectivity index (χ1n) is 7.00. The van der Waals surface area contributed by atoms with Crippen LogP contribution in [0.5, 0.6) is 0 Å². The van der Waals surface area contributed by atoms with E-state index < -0.39 is 24.7 Å². The molecule has 1 aromatic rings. The van der Waals surface area contributed by atoms with Gasteiger partial charge in [0.2, 0.25) is 4.38 Å². The minimum absolute atomic E-state index is 0.00807. The third-order valence-corrected chi connectivity index (χ3v) is 4.43. The molecule has 0 spiro atoms. The number of thiocarbonyl (C=S) groups is 1. The fourth-order valence-electron chi connectivity index (χ4n) is 2.20. The van der Waals surface area contributed by atoms with Crippen LogP contribution in [0.25, 0.3) is 0 Å². The molecule has 1 aliphatic heterocycles. The summed E-state index contributed by atoms with van der Waals surface area (Å²) >= 11 is 5.92. The fraction of sp³-hybridized carbons (Fsp3) is 0.467. The molecule has 0 saturated carbocycles. The number of ether oxygens (including phenoxy) is 2. The van der Waals surface area contributed by atoms with Gasteiger partial charge < -0.3 is 14.4 Å². The Morgan fingerprint density at radius 2 is 2.13 bits per heavy atom. The number of hydrogen-bond acceptors (Lipinski definition) is 5. The quantitative estimate of drug-likeness (QED) is 0.768. The zero-order valence-corrected chi connectivity index (χ0v) is 14.2. The third-order valence-electron chi connectivity index (χ3n) is 3.40. The molecule has 1 fully saturated rings. The summed E-state index contributed by atoms with van der Waals surface area (Å²) < 4.78 is 38.4. The maximum absolute atomic E-state index is 14.1. The predicted octanol–water partition coefficient (Wildman–Crippen LogP) is 3.70. The normalized spacial score (nSPS) is 20.0. The molecule has 1 amide bonds. The van der Waals surface area contributed by atoms with E-state index in [-0.39, 0.29) is 24.0 Å². The molecule has 1 unspecified atom stereocenters.